The Hall–Kier alpha value is -3.55. The molecule has 2 aromatic carbocycles. The van der Waals surface area contributed by atoms with E-state index in [1.165, 1.54) is 0 Å². The molecule has 3 N–H and O–H groups in total. The molecule has 1 aliphatic carbocycles. The average molecular weight is 426 g/mol. The molecule has 1 atom stereocenters. The van der Waals surface area contributed by atoms with Crippen LogP contribution in [0, 0.1) is 0 Å². The van der Waals surface area contributed by atoms with Gasteiger partial charge < -0.3 is 25.2 Å². The van der Waals surface area contributed by atoms with Crippen molar-refractivity contribution in [1.82, 2.24) is 10.6 Å². The quantitative estimate of drug-likeness (QED) is 0.415. The van der Waals surface area contributed by atoms with Crippen LogP contribution in [0.5, 0.6) is 0 Å². The summed E-state index contributed by atoms with van der Waals surface area (Å²) >= 11 is 0. The van der Waals surface area contributed by atoms with Crippen molar-refractivity contribution in [3.63, 3.8) is 0 Å². The molecule has 0 saturated heterocycles. The number of carbonyl (C=O) groups excluding carboxylic acids is 2. The van der Waals surface area contributed by atoms with Crippen molar-refractivity contribution in [2.24, 2.45) is 0 Å². The predicted molar refractivity (Wildman–Crippen MR) is 114 cm³/mol. The summed E-state index contributed by atoms with van der Waals surface area (Å²) in [4.78, 5) is 35.2. The predicted octanol–water partition coefficient (Wildman–Crippen LogP) is 3.85. The van der Waals surface area contributed by atoms with Gasteiger partial charge in [-0.15, -0.1) is 0 Å². The van der Waals surface area contributed by atoms with Crippen molar-refractivity contribution >= 4 is 18.2 Å². The van der Waals surface area contributed by atoms with Crippen LogP contribution in [0.2, 0.25) is 0 Å². The zero-order valence-corrected chi connectivity index (χ0v) is 17.3. The number of carbonyl (C=O) groups is 3. The van der Waals surface area contributed by atoms with Gasteiger partial charge in [-0.05, 0) is 28.7 Å². The molecule has 0 spiro atoms. The largest absolute Gasteiger partial charge is 0.481 e. The molecule has 31 heavy (non-hydrogen) atoms. The number of amides is 2. The first-order chi connectivity index (χ1) is 15.0. The van der Waals surface area contributed by atoms with Crippen LogP contribution < -0.4 is 10.6 Å². The summed E-state index contributed by atoms with van der Waals surface area (Å²) in [6, 6.07) is 15.9. The van der Waals surface area contributed by atoms with Crippen LogP contribution in [0.25, 0.3) is 11.1 Å². The van der Waals surface area contributed by atoms with Gasteiger partial charge in [-0.25, -0.2) is 9.59 Å². The zero-order chi connectivity index (χ0) is 22.2. The number of carboxylic acid groups (broad SMARTS) is 1. The van der Waals surface area contributed by atoms with Crippen LogP contribution in [-0.4, -0.2) is 42.6 Å². The molecule has 0 fully saturated rings. The van der Waals surface area contributed by atoms with E-state index in [0.29, 0.717) is 6.42 Å². The number of carboxylic acids is 1. The normalized spacial score (nSPS) is 12.9. The molecule has 1 aliphatic rings. The lowest BCUT2D eigenvalue weighted by atomic mass is 9.98. The van der Waals surface area contributed by atoms with E-state index < -0.39 is 30.7 Å². The fourth-order valence-electron chi connectivity index (χ4n) is 3.59. The fraction of sp³-hybridized carbons (Fsp3) is 0.348. The van der Waals surface area contributed by atoms with Gasteiger partial charge in [-0.3, -0.25) is 4.79 Å². The monoisotopic (exact) mass is 426 g/mol. The molecular formula is C23H26N2O6. The lowest BCUT2D eigenvalue weighted by molar-refractivity contribution is -0.137. The number of rotatable bonds is 9. The highest BCUT2D eigenvalue weighted by Gasteiger charge is 2.29. The first-order valence-corrected chi connectivity index (χ1v) is 10.3. The molecule has 1 unspecified atom stereocenters. The minimum Gasteiger partial charge on any atom is -0.481 e. The second kappa shape index (κ2) is 10.5. The lowest BCUT2D eigenvalue weighted by Crippen LogP contribution is -2.49. The van der Waals surface area contributed by atoms with E-state index in [0.717, 1.165) is 28.7 Å². The van der Waals surface area contributed by atoms with Crippen molar-refractivity contribution in [3.05, 3.63) is 59.7 Å². The zero-order valence-electron chi connectivity index (χ0n) is 17.3. The third-order valence-electron chi connectivity index (χ3n) is 5.04. The van der Waals surface area contributed by atoms with Gasteiger partial charge in [0.15, 0.2) is 0 Å². The first-order valence-electron chi connectivity index (χ1n) is 10.3. The first kappa shape index (κ1) is 22.1. The molecule has 0 aromatic heterocycles. The highest BCUT2D eigenvalue weighted by Crippen LogP contribution is 2.44. The number of ether oxygens (including phenoxy) is 2. The van der Waals surface area contributed by atoms with E-state index in [9.17, 15) is 14.4 Å². The minimum absolute atomic E-state index is 0.0839. The van der Waals surface area contributed by atoms with E-state index in [-0.39, 0.29) is 19.1 Å². The van der Waals surface area contributed by atoms with E-state index in [1.54, 1.807) is 0 Å². The molecule has 3 rings (SSSR count). The Morgan fingerprint density at radius 3 is 2.03 bits per heavy atom. The molecule has 0 aliphatic heterocycles. The second-order valence-corrected chi connectivity index (χ2v) is 7.25. The van der Waals surface area contributed by atoms with Gasteiger partial charge in [0.25, 0.3) is 0 Å². The van der Waals surface area contributed by atoms with Gasteiger partial charge in [0.2, 0.25) is 0 Å². The average Bonchev–Trinajstić information content (AvgIpc) is 3.06. The Bertz CT molecular complexity index is 900. The number of hydrogen-bond donors (Lipinski definition) is 3. The smallest absolute Gasteiger partial charge is 0.408 e. The third kappa shape index (κ3) is 5.75. The molecule has 8 nitrogen and oxygen atoms in total. The number of unbranched alkanes of at least 4 members (excludes halogenated alkanes) is 1. The maximum atomic E-state index is 12.3. The lowest BCUT2D eigenvalue weighted by Gasteiger charge is -2.19. The van der Waals surface area contributed by atoms with Gasteiger partial charge in [0.1, 0.15) is 12.8 Å². The van der Waals surface area contributed by atoms with Crippen LogP contribution >= 0.6 is 0 Å². The van der Waals surface area contributed by atoms with Crippen LogP contribution in [0.15, 0.2) is 48.5 Å². The van der Waals surface area contributed by atoms with Crippen molar-refractivity contribution in [2.75, 3.05) is 13.2 Å². The molecule has 0 heterocycles. The maximum Gasteiger partial charge on any atom is 0.408 e. The summed E-state index contributed by atoms with van der Waals surface area (Å²) in [5.74, 6) is -1.30. The third-order valence-corrected chi connectivity index (χ3v) is 5.04. The van der Waals surface area contributed by atoms with Crippen molar-refractivity contribution in [1.29, 1.82) is 0 Å². The molecule has 0 saturated carbocycles. The highest BCUT2D eigenvalue weighted by atomic mass is 16.6. The van der Waals surface area contributed by atoms with Crippen molar-refractivity contribution in [2.45, 2.75) is 38.3 Å². The van der Waals surface area contributed by atoms with Gasteiger partial charge in [0, 0.05) is 5.92 Å². The Labute approximate surface area is 180 Å². The SMILES string of the molecule is CCCCOC(=O)NC(CC(=O)O)NC(=O)OCC1c2ccccc2-c2ccccc21. The van der Waals surface area contributed by atoms with Gasteiger partial charge in [-0.1, -0.05) is 61.9 Å². The Balaban J connectivity index is 1.60. The number of hydrogen-bond acceptors (Lipinski definition) is 5. The molecule has 0 bridgehead atoms. The summed E-state index contributed by atoms with van der Waals surface area (Å²) in [6.07, 6.45) is -1.73. The number of alkyl carbamates (subject to hydrolysis) is 2. The summed E-state index contributed by atoms with van der Waals surface area (Å²) in [6.45, 7) is 2.25. The van der Waals surface area contributed by atoms with Crippen LogP contribution in [0.3, 0.4) is 0 Å². The van der Waals surface area contributed by atoms with E-state index in [2.05, 4.69) is 10.6 Å². The number of benzene rings is 2. The van der Waals surface area contributed by atoms with E-state index >= 15 is 0 Å². The summed E-state index contributed by atoms with van der Waals surface area (Å²) in [7, 11) is 0. The van der Waals surface area contributed by atoms with E-state index in [4.69, 9.17) is 14.6 Å². The topological polar surface area (TPSA) is 114 Å². The molecule has 2 aromatic rings. The summed E-state index contributed by atoms with van der Waals surface area (Å²) in [5, 5.41) is 13.8. The Morgan fingerprint density at radius 1 is 0.935 bits per heavy atom. The molecule has 164 valence electrons. The van der Waals surface area contributed by atoms with Crippen LogP contribution in [-0.2, 0) is 14.3 Å². The van der Waals surface area contributed by atoms with Crippen molar-refractivity contribution < 1.29 is 29.0 Å². The summed E-state index contributed by atoms with van der Waals surface area (Å²) in [5.41, 5.74) is 4.34. The molecule has 8 heteroatoms. The minimum atomic E-state index is -1.18. The van der Waals surface area contributed by atoms with Crippen LogP contribution in [0.1, 0.15) is 43.2 Å². The standard InChI is InChI=1S/C23H26N2O6/c1-2-3-12-30-22(28)24-20(13-21(26)27)25-23(29)31-14-19-17-10-6-4-8-15(17)16-9-5-7-11-18(16)19/h4-11,19-20H,2-3,12-14H2,1H3,(H,24,28)(H,25,29)(H,26,27). The Morgan fingerprint density at radius 2 is 1.48 bits per heavy atom. The number of aliphatic carboxylic acids is 1. The molecular weight excluding hydrogens is 400 g/mol. The van der Waals surface area contributed by atoms with Gasteiger partial charge >= 0.3 is 18.2 Å². The number of nitrogens with one attached hydrogen (secondary N) is 2. The Kier molecular flexibility index (Phi) is 7.48. The molecule has 2 amide bonds. The summed E-state index contributed by atoms with van der Waals surface area (Å²) < 4.78 is 10.4. The van der Waals surface area contributed by atoms with Gasteiger partial charge in [0.05, 0.1) is 13.0 Å². The van der Waals surface area contributed by atoms with E-state index in [1.807, 2.05) is 55.5 Å². The second-order valence-electron chi connectivity index (χ2n) is 7.25. The molecule has 0 radical (unpaired) electrons. The maximum absolute atomic E-state index is 12.3. The van der Waals surface area contributed by atoms with Crippen molar-refractivity contribution in [3.8, 4) is 11.1 Å². The van der Waals surface area contributed by atoms with Crippen LogP contribution in [0.4, 0.5) is 9.59 Å². The highest BCUT2D eigenvalue weighted by molar-refractivity contribution is 5.79. The fourth-order valence-corrected chi connectivity index (χ4v) is 3.59. The number of fused-ring (bicyclic) bond motifs is 3. The van der Waals surface area contributed by atoms with Gasteiger partial charge in [-0.2, -0.15) is 0 Å².